The number of aliphatic hydroxyl groups is 4. The Morgan fingerprint density at radius 2 is 1.19 bits per heavy atom. The van der Waals surface area contributed by atoms with Gasteiger partial charge in [0.05, 0.1) is 67.4 Å². The molecule has 11 atom stereocenters. The van der Waals surface area contributed by atoms with Gasteiger partial charge in [0.2, 0.25) is 5.91 Å². The minimum absolute atomic E-state index is 0.0988. The monoisotopic (exact) mass is 873 g/mol. The van der Waals surface area contributed by atoms with Crippen LogP contribution in [0.5, 0.6) is 0 Å². The Morgan fingerprint density at radius 3 is 1.70 bits per heavy atom. The number of imide groups is 1. The summed E-state index contributed by atoms with van der Waals surface area (Å²) in [4.78, 5) is 40.4. The van der Waals surface area contributed by atoms with Gasteiger partial charge in [0.25, 0.3) is 30.4 Å². The zero-order chi connectivity index (χ0) is 43.5. The minimum atomic E-state index is -4.15. The molecule has 4 N–H and O–H groups in total. The van der Waals surface area contributed by atoms with E-state index in [1.165, 1.54) is 27.7 Å². The van der Waals surface area contributed by atoms with Crippen molar-refractivity contribution in [2.24, 2.45) is 17.8 Å². The molecule has 1 heterocycles. The number of rotatable bonds is 26. The number of ether oxygens (including phenoxy) is 1. The first kappa shape index (κ1) is 50.5. The summed E-state index contributed by atoms with van der Waals surface area (Å²) < 4.78 is 92.9. The van der Waals surface area contributed by atoms with Crippen LogP contribution in [0.25, 0.3) is 0 Å². The summed E-state index contributed by atoms with van der Waals surface area (Å²) in [5.41, 5.74) is 0.614. The number of hydrogen-bond donors (Lipinski definition) is 4. The second kappa shape index (κ2) is 22.1. The molecular formula is C36H59NO17S3. The van der Waals surface area contributed by atoms with Crippen LogP contribution in [0, 0.1) is 17.8 Å². The fourth-order valence-corrected chi connectivity index (χ4v) is 8.65. The van der Waals surface area contributed by atoms with Crippen molar-refractivity contribution in [3.05, 3.63) is 35.9 Å². The number of ketones is 1. The molecule has 0 aromatic heterocycles. The predicted octanol–water partition coefficient (Wildman–Crippen LogP) is 1.80. The highest BCUT2D eigenvalue weighted by molar-refractivity contribution is 7.86. The van der Waals surface area contributed by atoms with Crippen LogP contribution < -0.4 is 0 Å². The maximum Gasteiger partial charge on any atom is 0.417 e. The molecule has 1 aromatic rings. The van der Waals surface area contributed by atoms with Gasteiger partial charge in [0, 0.05) is 18.3 Å². The summed E-state index contributed by atoms with van der Waals surface area (Å²) in [6.45, 7) is 5.66. The van der Waals surface area contributed by atoms with Crippen LogP contribution in [0.2, 0.25) is 0 Å². The second-order valence-corrected chi connectivity index (χ2v) is 19.8. The second-order valence-electron chi connectivity index (χ2n) is 15.0. The first-order valence-corrected chi connectivity index (χ1v) is 24.1. The van der Waals surface area contributed by atoms with Crippen molar-refractivity contribution in [2.75, 3.05) is 25.4 Å². The summed E-state index contributed by atoms with van der Waals surface area (Å²) >= 11 is 0. The molecule has 1 aliphatic heterocycles. The van der Waals surface area contributed by atoms with Crippen molar-refractivity contribution in [3.8, 4) is 0 Å². The van der Waals surface area contributed by atoms with Crippen LogP contribution in [0.1, 0.15) is 90.7 Å². The van der Waals surface area contributed by atoms with Crippen LogP contribution in [0.15, 0.2) is 30.3 Å². The molecule has 1 fully saturated rings. The lowest BCUT2D eigenvalue weighted by Crippen LogP contribution is -2.43. The molecule has 0 radical (unpaired) electrons. The van der Waals surface area contributed by atoms with Crippen molar-refractivity contribution in [2.45, 2.75) is 128 Å². The number of aliphatic hydroxyl groups excluding tert-OH is 4. The average molecular weight is 874 g/mol. The molecule has 0 bridgehead atoms. The molecule has 1 aliphatic rings. The Balaban J connectivity index is 2.09. The average Bonchev–Trinajstić information content (AvgIpc) is 3.48. The number of carbonyl (C=O) groups excluding carboxylic acids is 3. The molecule has 1 aromatic carbocycles. The first-order valence-electron chi connectivity index (χ1n) is 18.6. The van der Waals surface area contributed by atoms with Gasteiger partial charge >= 0.3 is 6.09 Å². The van der Waals surface area contributed by atoms with E-state index < -0.39 is 121 Å². The van der Waals surface area contributed by atoms with Crippen molar-refractivity contribution >= 4 is 48.1 Å². The third kappa shape index (κ3) is 18.1. The lowest BCUT2D eigenvalue weighted by Gasteiger charge is -2.29. The largest absolute Gasteiger partial charge is 0.446 e. The molecule has 57 heavy (non-hydrogen) atoms. The van der Waals surface area contributed by atoms with Crippen LogP contribution in [0.3, 0.4) is 0 Å². The molecule has 0 saturated carbocycles. The van der Waals surface area contributed by atoms with E-state index in [1.807, 2.05) is 0 Å². The fraction of sp³-hybridized carbons (Fsp3) is 0.750. The Kier molecular flexibility index (Phi) is 19.6. The van der Waals surface area contributed by atoms with Gasteiger partial charge < -0.3 is 25.2 Å². The van der Waals surface area contributed by atoms with Gasteiger partial charge in [0.15, 0.2) is 0 Å². The summed E-state index contributed by atoms with van der Waals surface area (Å²) in [5.74, 6) is -4.57. The number of amides is 2. The molecule has 2 rings (SSSR count). The van der Waals surface area contributed by atoms with Gasteiger partial charge in [-0.2, -0.15) is 25.3 Å². The summed E-state index contributed by atoms with van der Waals surface area (Å²) in [5, 5.41) is 42.1. The van der Waals surface area contributed by atoms with E-state index in [-0.39, 0.29) is 51.6 Å². The van der Waals surface area contributed by atoms with Crippen LogP contribution >= 0.6 is 0 Å². The van der Waals surface area contributed by atoms with Gasteiger partial charge in [-0.1, -0.05) is 51.1 Å². The van der Waals surface area contributed by atoms with E-state index in [1.54, 1.807) is 30.3 Å². The molecule has 0 spiro atoms. The quantitative estimate of drug-likeness (QED) is 0.0966. The minimum Gasteiger partial charge on any atom is -0.446 e. The van der Waals surface area contributed by atoms with Gasteiger partial charge in [0.1, 0.15) is 18.4 Å². The lowest BCUT2D eigenvalue weighted by atomic mass is 9.88. The summed E-state index contributed by atoms with van der Waals surface area (Å²) in [7, 11) is -12.2. The van der Waals surface area contributed by atoms with Gasteiger partial charge in [-0.15, -0.1) is 0 Å². The predicted molar refractivity (Wildman–Crippen MR) is 206 cm³/mol. The SMILES string of the molecule is C[C@H]([C@H](O)C[C@@H](O)CC[C@H](OS(C)(=O)=O)[C@@H](C)C(=O)C[C@@H](O)CC[C@@H](OS(C)(=O)=O)[C@H](C)C(=O)N1C(=O)OC[C@@H]1c1ccccc1)[C@@H](CC[C@@H](C)O)OS(C)(=O)=O. The molecule has 2 amide bonds. The Labute approximate surface area is 336 Å². The van der Waals surface area contributed by atoms with E-state index in [0.717, 1.165) is 23.7 Å². The van der Waals surface area contributed by atoms with Crippen LogP contribution in [-0.4, -0.2) is 136 Å². The molecule has 328 valence electrons. The van der Waals surface area contributed by atoms with Crippen molar-refractivity contribution in [1.82, 2.24) is 4.90 Å². The highest BCUT2D eigenvalue weighted by Crippen LogP contribution is 2.32. The lowest BCUT2D eigenvalue weighted by molar-refractivity contribution is -0.136. The van der Waals surface area contributed by atoms with Crippen LogP contribution in [0.4, 0.5) is 4.79 Å². The number of benzene rings is 1. The van der Waals surface area contributed by atoms with Crippen molar-refractivity contribution in [1.29, 1.82) is 0 Å². The number of carbonyl (C=O) groups is 3. The molecule has 0 unspecified atom stereocenters. The highest BCUT2D eigenvalue weighted by Gasteiger charge is 2.43. The molecule has 18 nitrogen and oxygen atoms in total. The van der Waals surface area contributed by atoms with E-state index in [2.05, 4.69) is 0 Å². The van der Waals surface area contributed by atoms with Gasteiger partial charge in [-0.3, -0.25) is 22.1 Å². The Bertz CT molecular complexity index is 1790. The normalized spacial score (nSPS) is 20.7. The van der Waals surface area contributed by atoms with Crippen molar-refractivity contribution < 1.29 is 77.3 Å². The molecule has 21 heteroatoms. The van der Waals surface area contributed by atoms with Crippen LogP contribution in [-0.2, 0) is 57.2 Å². The van der Waals surface area contributed by atoms with Gasteiger partial charge in [-0.25, -0.2) is 9.69 Å². The topological polar surface area (TPSA) is 275 Å². The number of hydrogen-bond acceptors (Lipinski definition) is 17. The van der Waals surface area contributed by atoms with E-state index in [9.17, 15) is 60.1 Å². The Morgan fingerprint density at radius 1 is 0.719 bits per heavy atom. The number of Topliss-reactive ketones (excluding diaryl/α,β-unsaturated/α-hetero) is 1. The van der Waals surface area contributed by atoms with Crippen molar-refractivity contribution in [3.63, 3.8) is 0 Å². The highest BCUT2D eigenvalue weighted by atomic mass is 32.2. The van der Waals surface area contributed by atoms with E-state index in [0.29, 0.717) is 5.56 Å². The maximum absolute atomic E-state index is 13.6. The third-order valence-corrected chi connectivity index (χ3v) is 11.6. The standard InChI is InChI=1S/C36H59NO17S3/c1-22(38)13-16-32(52-55(5,45)46)23(2)30(41)19-27(39)14-17-33(53-56(6,47)48)24(3)31(42)20-28(40)15-18-34(54-57(7,49)50)25(4)35(43)37-29(21-51-36(37)44)26-11-9-8-10-12-26/h8-12,22-25,27-30,32-34,38-41H,13-21H2,1-7H3/t22-,23-,24+,25+,27+,28+,29-,30-,32-,33+,34-/m1/s1. The summed E-state index contributed by atoms with van der Waals surface area (Å²) in [6.07, 6.45) is -8.19. The molecular weight excluding hydrogens is 815 g/mol. The Hall–Kier alpha value is -2.60. The smallest absolute Gasteiger partial charge is 0.417 e. The fourth-order valence-electron chi connectivity index (χ4n) is 6.50. The number of nitrogens with zero attached hydrogens (tertiary/aromatic N) is 1. The van der Waals surface area contributed by atoms with E-state index >= 15 is 0 Å². The maximum atomic E-state index is 13.6. The molecule has 1 saturated heterocycles. The molecule has 0 aliphatic carbocycles. The zero-order valence-electron chi connectivity index (χ0n) is 33.4. The van der Waals surface area contributed by atoms with Gasteiger partial charge in [-0.05, 0) is 57.4 Å². The number of cyclic esters (lactones) is 1. The summed E-state index contributed by atoms with van der Waals surface area (Å²) in [6, 6.07) is 7.83. The third-order valence-electron chi connectivity index (χ3n) is 9.78. The zero-order valence-corrected chi connectivity index (χ0v) is 35.8. The van der Waals surface area contributed by atoms with E-state index in [4.69, 9.17) is 17.3 Å². The first-order chi connectivity index (χ1) is 26.2.